The zero-order chi connectivity index (χ0) is 23.3. The number of hydrogen-bond acceptors (Lipinski definition) is 5. The van der Waals surface area contributed by atoms with Crippen molar-refractivity contribution in [1.29, 1.82) is 0 Å². The molecule has 168 valence electrons. The van der Waals surface area contributed by atoms with Crippen LogP contribution in [-0.2, 0) is 17.6 Å². The van der Waals surface area contributed by atoms with Crippen LogP contribution in [0.25, 0.3) is 0 Å². The van der Waals surface area contributed by atoms with Crippen LogP contribution in [0.3, 0.4) is 0 Å². The summed E-state index contributed by atoms with van der Waals surface area (Å²) < 4.78 is 4.99. The van der Waals surface area contributed by atoms with Gasteiger partial charge in [-0.1, -0.05) is 57.2 Å². The number of nitrogens with zero attached hydrogens (tertiary/aromatic N) is 1. The molecule has 0 aromatic heterocycles. The molecule has 1 aliphatic heterocycles. The summed E-state index contributed by atoms with van der Waals surface area (Å²) in [5.41, 5.74) is 5.92. The molecule has 2 aliphatic rings. The maximum absolute atomic E-state index is 13.6. The number of amides is 3. The molecule has 0 bridgehead atoms. The van der Waals surface area contributed by atoms with E-state index in [1.165, 1.54) is 4.90 Å². The number of carbonyl (C=O) groups is 3. The van der Waals surface area contributed by atoms with Gasteiger partial charge in [-0.2, -0.15) is 0 Å². The Morgan fingerprint density at radius 3 is 1.94 bits per heavy atom. The fraction of sp³-hybridized carbons (Fsp3) is 0.400. The van der Waals surface area contributed by atoms with Crippen LogP contribution in [0.15, 0.2) is 48.5 Å². The number of hydrogen-bond donors (Lipinski definition) is 2. The zero-order valence-corrected chi connectivity index (χ0v) is 18.5. The minimum Gasteiger partial charge on any atom is -0.447 e. The van der Waals surface area contributed by atoms with Crippen LogP contribution in [0.5, 0.6) is 0 Å². The second-order valence-corrected chi connectivity index (χ2v) is 9.59. The third-order valence-electron chi connectivity index (χ3n) is 6.93. The van der Waals surface area contributed by atoms with E-state index in [0.717, 1.165) is 11.1 Å². The van der Waals surface area contributed by atoms with E-state index >= 15 is 0 Å². The monoisotopic (exact) mass is 436 g/mol. The number of fused-ring (bicyclic) bond motifs is 2. The smallest absolute Gasteiger partial charge is 0.404 e. The van der Waals surface area contributed by atoms with Crippen molar-refractivity contribution in [3.05, 3.63) is 70.8 Å². The Labute approximate surface area is 187 Å². The largest absolute Gasteiger partial charge is 0.447 e. The van der Waals surface area contributed by atoms with Crippen LogP contribution in [0.2, 0.25) is 0 Å². The summed E-state index contributed by atoms with van der Waals surface area (Å²) in [6.45, 7) is 5.26. The Morgan fingerprint density at radius 1 is 1.03 bits per heavy atom. The maximum Gasteiger partial charge on any atom is 0.404 e. The quantitative estimate of drug-likeness (QED) is 0.701. The standard InChI is InChI=1S/C25H28N2O5/c1-24(2,3)25(20(28)14-32-23(26)31,17-12-15-8-4-5-9-16(15)13-17)27-21(29)18-10-6-7-11-19(18)22(27)30/h4-11,17,20,28H,12-14H2,1-3H3,(H2,26,31)/t20-,25?/m0/s1. The molecule has 1 aliphatic carbocycles. The van der Waals surface area contributed by atoms with Crippen LogP contribution in [0.4, 0.5) is 4.79 Å². The van der Waals surface area contributed by atoms with Crippen molar-refractivity contribution in [2.75, 3.05) is 6.61 Å². The average molecular weight is 437 g/mol. The molecule has 0 radical (unpaired) electrons. The molecular weight excluding hydrogens is 408 g/mol. The number of aliphatic hydroxyl groups is 1. The molecule has 7 heteroatoms. The van der Waals surface area contributed by atoms with Gasteiger partial charge in [0.05, 0.1) is 16.7 Å². The van der Waals surface area contributed by atoms with Gasteiger partial charge in [-0.15, -0.1) is 0 Å². The molecular formula is C25H28N2O5. The van der Waals surface area contributed by atoms with E-state index in [2.05, 4.69) is 0 Å². The van der Waals surface area contributed by atoms with Crippen molar-refractivity contribution < 1.29 is 24.2 Å². The molecule has 1 heterocycles. The number of nitrogens with two attached hydrogens (primary N) is 1. The zero-order valence-electron chi connectivity index (χ0n) is 18.5. The van der Waals surface area contributed by atoms with Gasteiger partial charge in [-0.25, -0.2) is 4.79 Å². The molecule has 4 rings (SSSR count). The van der Waals surface area contributed by atoms with E-state index in [-0.39, 0.29) is 5.92 Å². The first-order chi connectivity index (χ1) is 15.1. The number of imide groups is 1. The van der Waals surface area contributed by atoms with Gasteiger partial charge in [0.1, 0.15) is 12.7 Å². The van der Waals surface area contributed by atoms with E-state index in [0.29, 0.717) is 24.0 Å². The molecule has 2 atom stereocenters. The summed E-state index contributed by atoms with van der Waals surface area (Å²) in [5, 5.41) is 11.6. The highest BCUT2D eigenvalue weighted by atomic mass is 16.6. The fourth-order valence-electron chi connectivity index (χ4n) is 5.73. The van der Waals surface area contributed by atoms with Crippen molar-refractivity contribution in [3.63, 3.8) is 0 Å². The van der Waals surface area contributed by atoms with Crippen LogP contribution < -0.4 is 5.73 Å². The predicted octanol–water partition coefficient (Wildman–Crippen LogP) is 2.94. The Hall–Kier alpha value is -3.19. The molecule has 32 heavy (non-hydrogen) atoms. The first kappa shape index (κ1) is 22.0. The minimum absolute atomic E-state index is 0.284. The Kier molecular flexibility index (Phi) is 5.33. The predicted molar refractivity (Wildman–Crippen MR) is 118 cm³/mol. The molecule has 1 unspecified atom stereocenters. The SMILES string of the molecule is CC(C)(C)C(C1Cc2ccccc2C1)([C@@H](O)COC(N)=O)N1C(=O)c2ccccc2C1=O. The maximum atomic E-state index is 13.6. The van der Waals surface area contributed by atoms with E-state index in [9.17, 15) is 19.5 Å². The number of ether oxygens (including phenoxy) is 1. The highest BCUT2D eigenvalue weighted by molar-refractivity contribution is 6.22. The lowest BCUT2D eigenvalue weighted by Gasteiger charge is -2.55. The lowest BCUT2D eigenvalue weighted by molar-refractivity contribution is -0.115. The number of benzene rings is 2. The number of carbonyl (C=O) groups excluding carboxylic acids is 3. The highest BCUT2D eigenvalue weighted by Gasteiger charge is 2.63. The van der Waals surface area contributed by atoms with Gasteiger partial charge in [-0.3, -0.25) is 14.5 Å². The minimum atomic E-state index is -1.35. The molecule has 0 fully saturated rings. The lowest BCUT2D eigenvalue weighted by Crippen LogP contribution is -2.71. The Morgan fingerprint density at radius 2 is 1.50 bits per heavy atom. The molecule has 2 aromatic rings. The van der Waals surface area contributed by atoms with Gasteiger partial charge < -0.3 is 15.6 Å². The normalized spacial score (nSPS) is 18.8. The van der Waals surface area contributed by atoms with Gasteiger partial charge in [0.2, 0.25) is 0 Å². The van der Waals surface area contributed by atoms with Crippen molar-refractivity contribution in [2.45, 2.75) is 45.3 Å². The molecule has 3 amide bonds. The summed E-state index contributed by atoms with van der Waals surface area (Å²) in [6.07, 6.45) is -1.20. The third-order valence-corrected chi connectivity index (χ3v) is 6.93. The third kappa shape index (κ3) is 3.19. The van der Waals surface area contributed by atoms with Gasteiger partial charge in [-0.05, 0) is 47.4 Å². The fourth-order valence-corrected chi connectivity index (χ4v) is 5.73. The van der Waals surface area contributed by atoms with Gasteiger partial charge >= 0.3 is 6.09 Å². The van der Waals surface area contributed by atoms with Gasteiger partial charge in [0.25, 0.3) is 11.8 Å². The van der Waals surface area contributed by atoms with E-state index in [1.807, 2.05) is 45.0 Å². The average Bonchev–Trinajstić information content (AvgIpc) is 3.27. The topological polar surface area (TPSA) is 110 Å². The first-order valence-corrected chi connectivity index (χ1v) is 10.7. The number of aliphatic hydroxyl groups excluding tert-OH is 1. The summed E-state index contributed by atoms with van der Waals surface area (Å²) in [6, 6.07) is 14.6. The van der Waals surface area contributed by atoms with Crippen LogP contribution in [-0.4, -0.2) is 46.2 Å². The van der Waals surface area contributed by atoms with E-state index in [1.54, 1.807) is 24.3 Å². The Balaban J connectivity index is 1.89. The van der Waals surface area contributed by atoms with Crippen LogP contribution in [0, 0.1) is 11.3 Å². The molecule has 0 saturated heterocycles. The second kappa shape index (κ2) is 7.74. The molecule has 7 nitrogen and oxygen atoms in total. The second-order valence-electron chi connectivity index (χ2n) is 9.59. The summed E-state index contributed by atoms with van der Waals surface area (Å²) in [5.74, 6) is -1.18. The molecule has 3 N–H and O–H groups in total. The number of primary amides is 1. The van der Waals surface area contributed by atoms with Crippen LogP contribution >= 0.6 is 0 Å². The lowest BCUT2D eigenvalue weighted by atomic mass is 9.61. The van der Waals surface area contributed by atoms with Gasteiger partial charge in [0.15, 0.2) is 0 Å². The van der Waals surface area contributed by atoms with Crippen molar-refractivity contribution in [1.82, 2.24) is 4.90 Å². The summed E-state index contributed by atoms with van der Waals surface area (Å²) >= 11 is 0. The van der Waals surface area contributed by atoms with Crippen molar-refractivity contribution in [3.8, 4) is 0 Å². The molecule has 0 spiro atoms. The van der Waals surface area contributed by atoms with E-state index in [4.69, 9.17) is 10.5 Å². The molecule has 2 aromatic carbocycles. The first-order valence-electron chi connectivity index (χ1n) is 10.7. The number of rotatable bonds is 5. The highest BCUT2D eigenvalue weighted by Crippen LogP contribution is 2.51. The van der Waals surface area contributed by atoms with Crippen molar-refractivity contribution in [2.24, 2.45) is 17.1 Å². The molecule has 0 saturated carbocycles. The van der Waals surface area contributed by atoms with Crippen molar-refractivity contribution >= 4 is 17.9 Å². The summed E-state index contributed by atoms with van der Waals surface area (Å²) in [4.78, 5) is 39.8. The van der Waals surface area contributed by atoms with Gasteiger partial charge in [0, 0.05) is 0 Å². The van der Waals surface area contributed by atoms with Crippen LogP contribution in [0.1, 0.15) is 52.6 Å². The van der Waals surface area contributed by atoms with E-state index < -0.39 is 41.6 Å². The Bertz CT molecular complexity index is 1030. The summed E-state index contributed by atoms with van der Waals surface area (Å²) in [7, 11) is 0.